The Kier molecular flexibility index (Phi) is 8.45. The molecule has 7 nitrogen and oxygen atoms in total. The minimum Gasteiger partial charge on any atom is -0.493 e. The van der Waals surface area contributed by atoms with Gasteiger partial charge in [-0.05, 0) is 48.1 Å². The minimum absolute atomic E-state index is 0.0440. The van der Waals surface area contributed by atoms with E-state index in [-0.39, 0.29) is 22.9 Å². The van der Waals surface area contributed by atoms with Crippen LogP contribution in [0.3, 0.4) is 0 Å². The number of halogens is 1. The SMILES string of the molecule is COc1cc(C(=O)NC(=S)Nc2ccc(Cl)c(C(=O)Cc3ccccc3)c2)cc(OC)c1OC. The number of carbonyl (C=O) groups is 2. The third kappa shape index (κ3) is 6.03. The van der Waals surface area contributed by atoms with Crippen molar-refractivity contribution in [1.82, 2.24) is 5.32 Å². The van der Waals surface area contributed by atoms with Crippen molar-refractivity contribution in [3.05, 3.63) is 82.4 Å². The van der Waals surface area contributed by atoms with E-state index in [2.05, 4.69) is 10.6 Å². The average Bonchev–Trinajstić information content (AvgIpc) is 2.84. The quantitative estimate of drug-likeness (QED) is 0.337. The van der Waals surface area contributed by atoms with Gasteiger partial charge in [-0.1, -0.05) is 41.9 Å². The first-order valence-electron chi connectivity index (χ1n) is 10.1. The Hall–Kier alpha value is -3.62. The van der Waals surface area contributed by atoms with Gasteiger partial charge in [0.25, 0.3) is 5.91 Å². The Labute approximate surface area is 208 Å². The van der Waals surface area contributed by atoms with Gasteiger partial charge in [-0.2, -0.15) is 0 Å². The summed E-state index contributed by atoms with van der Waals surface area (Å²) in [5.41, 5.74) is 2.01. The molecule has 0 fully saturated rings. The van der Waals surface area contributed by atoms with E-state index in [0.717, 1.165) is 5.56 Å². The highest BCUT2D eigenvalue weighted by Crippen LogP contribution is 2.38. The summed E-state index contributed by atoms with van der Waals surface area (Å²) in [7, 11) is 4.40. The molecule has 2 N–H and O–H groups in total. The van der Waals surface area contributed by atoms with Crippen molar-refractivity contribution < 1.29 is 23.8 Å². The Morgan fingerprint density at radius 1 is 0.912 bits per heavy atom. The topological polar surface area (TPSA) is 85.9 Å². The van der Waals surface area contributed by atoms with E-state index in [1.807, 2.05) is 30.3 Å². The number of hydrogen-bond donors (Lipinski definition) is 2. The van der Waals surface area contributed by atoms with E-state index in [0.29, 0.717) is 33.5 Å². The molecule has 0 aliphatic heterocycles. The van der Waals surface area contributed by atoms with Crippen LogP contribution in [0.1, 0.15) is 26.3 Å². The second-order valence-corrected chi connectivity index (χ2v) is 7.92. The Morgan fingerprint density at radius 2 is 1.56 bits per heavy atom. The highest BCUT2D eigenvalue weighted by molar-refractivity contribution is 7.80. The molecule has 3 aromatic rings. The molecule has 0 bridgehead atoms. The van der Waals surface area contributed by atoms with Gasteiger partial charge < -0.3 is 19.5 Å². The first-order valence-corrected chi connectivity index (χ1v) is 10.9. The second kappa shape index (κ2) is 11.5. The van der Waals surface area contributed by atoms with Crippen LogP contribution < -0.4 is 24.8 Å². The maximum atomic E-state index is 12.8. The zero-order chi connectivity index (χ0) is 24.7. The number of ether oxygens (including phenoxy) is 3. The van der Waals surface area contributed by atoms with Crippen molar-refractivity contribution in [2.75, 3.05) is 26.6 Å². The molecule has 176 valence electrons. The molecule has 0 spiro atoms. The molecule has 0 saturated heterocycles. The van der Waals surface area contributed by atoms with Crippen LogP contribution >= 0.6 is 23.8 Å². The second-order valence-electron chi connectivity index (χ2n) is 7.10. The fourth-order valence-corrected chi connectivity index (χ4v) is 3.68. The molecule has 9 heteroatoms. The molecule has 0 aliphatic carbocycles. The van der Waals surface area contributed by atoms with Crippen molar-refractivity contribution in [2.45, 2.75) is 6.42 Å². The number of amides is 1. The summed E-state index contributed by atoms with van der Waals surface area (Å²) in [5, 5.41) is 5.89. The van der Waals surface area contributed by atoms with Crippen molar-refractivity contribution in [2.24, 2.45) is 0 Å². The zero-order valence-corrected chi connectivity index (χ0v) is 20.4. The van der Waals surface area contributed by atoms with Crippen LogP contribution in [0.25, 0.3) is 0 Å². The standard InChI is InChI=1S/C25H23ClN2O5S/c1-31-21-12-16(13-22(32-2)23(21)33-3)24(30)28-25(34)27-17-9-10-19(26)18(14-17)20(29)11-15-7-5-4-6-8-15/h4-10,12-14H,11H2,1-3H3,(H2,27,28,30,34). The highest BCUT2D eigenvalue weighted by atomic mass is 35.5. The summed E-state index contributed by atoms with van der Waals surface area (Å²) in [6.45, 7) is 0. The smallest absolute Gasteiger partial charge is 0.257 e. The number of carbonyl (C=O) groups excluding carboxylic acids is 2. The molecule has 0 radical (unpaired) electrons. The number of methoxy groups -OCH3 is 3. The average molecular weight is 499 g/mol. The molecule has 3 rings (SSSR count). The van der Waals surface area contributed by atoms with Crippen LogP contribution in [0.5, 0.6) is 17.2 Å². The first-order chi connectivity index (χ1) is 16.4. The largest absolute Gasteiger partial charge is 0.493 e. The number of thiocarbonyl (C=S) groups is 1. The fourth-order valence-electron chi connectivity index (χ4n) is 3.24. The van der Waals surface area contributed by atoms with Crippen LogP contribution in [0.15, 0.2) is 60.7 Å². The maximum Gasteiger partial charge on any atom is 0.257 e. The molecule has 3 aromatic carbocycles. The summed E-state index contributed by atoms with van der Waals surface area (Å²) in [5.74, 6) is 0.435. The van der Waals surface area contributed by atoms with Gasteiger partial charge in [-0.15, -0.1) is 0 Å². The van der Waals surface area contributed by atoms with E-state index in [1.165, 1.54) is 33.5 Å². The van der Waals surface area contributed by atoms with Crippen molar-refractivity contribution in [1.29, 1.82) is 0 Å². The Bertz CT molecular complexity index is 1190. The summed E-state index contributed by atoms with van der Waals surface area (Å²) in [6, 6.07) is 17.3. The van der Waals surface area contributed by atoms with Crippen LogP contribution in [0.4, 0.5) is 5.69 Å². The first kappa shape index (κ1) is 25.0. The Balaban J connectivity index is 1.72. The van der Waals surface area contributed by atoms with Gasteiger partial charge in [-0.3, -0.25) is 14.9 Å². The number of rotatable bonds is 8. The highest BCUT2D eigenvalue weighted by Gasteiger charge is 2.18. The number of nitrogens with one attached hydrogen (secondary N) is 2. The molecular weight excluding hydrogens is 476 g/mol. The molecule has 1 amide bonds. The van der Waals surface area contributed by atoms with Gasteiger partial charge in [0.15, 0.2) is 22.4 Å². The lowest BCUT2D eigenvalue weighted by Crippen LogP contribution is -2.34. The Morgan fingerprint density at radius 3 is 2.15 bits per heavy atom. The van der Waals surface area contributed by atoms with Gasteiger partial charge in [0.2, 0.25) is 5.75 Å². The number of Topliss-reactive ketones (excluding diaryl/α,β-unsaturated/α-hetero) is 1. The molecule has 0 aromatic heterocycles. The van der Waals surface area contributed by atoms with E-state index in [1.54, 1.807) is 18.2 Å². The normalized spacial score (nSPS) is 10.2. The van der Waals surface area contributed by atoms with Gasteiger partial charge >= 0.3 is 0 Å². The molecule has 0 saturated carbocycles. The summed E-state index contributed by atoms with van der Waals surface area (Å²) in [4.78, 5) is 25.5. The predicted octanol–water partition coefficient (Wildman–Crippen LogP) is 4.92. The zero-order valence-electron chi connectivity index (χ0n) is 18.8. The third-order valence-corrected chi connectivity index (χ3v) is 5.42. The van der Waals surface area contributed by atoms with E-state index in [4.69, 9.17) is 38.0 Å². The fraction of sp³-hybridized carbons (Fsp3) is 0.160. The van der Waals surface area contributed by atoms with Gasteiger partial charge in [0, 0.05) is 23.2 Å². The van der Waals surface area contributed by atoms with Crippen molar-refractivity contribution in [3.63, 3.8) is 0 Å². The van der Waals surface area contributed by atoms with Gasteiger partial charge in [0.05, 0.1) is 26.4 Å². The van der Waals surface area contributed by atoms with Crippen molar-refractivity contribution >= 4 is 46.3 Å². The van der Waals surface area contributed by atoms with E-state index >= 15 is 0 Å². The molecule has 0 unspecified atom stereocenters. The molecule has 0 aliphatic rings. The lowest BCUT2D eigenvalue weighted by molar-refractivity contribution is 0.0973. The number of ketones is 1. The van der Waals surface area contributed by atoms with Crippen LogP contribution in [-0.4, -0.2) is 38.1 Å². The lowest BCUT2D eigenvalue weighted by Gasteiger charge is -2.15. The van der Waals surface area contributed by atoms with E-state index < -0.39 is 5.91 Å². The maximum absolute atomic E-state index is 12.8. The van der Waals surface area contributed by atoms with Crippen LogP contribution in [0.2, 0.25) is 5.02 Å². The number of hydrogen-bond acceptors (Lipinski definition) is 6. The molecule has 0 atom stereocenters. The summed E-state index contributed by atoms with van der Waals surface area (Å²) >= 11 is 11.5. The predicted molar refractivity (Wildman–Crippen MR) is 136 cm³/mol. The molecular formula is C25H23ClN2O5S. The minimum atomic E-state index is -0.480. The monoisotopic (exact) mass is 498 g/mol. The number of anilines is 1. The molecule has 0 heterocycles. The number of benzene rings is 3. The van der Waals surface area contributed by atoms with Gasteiger partial charge in [-0.25, -0.2) is 0 Å². The summed E-state index contributed by atoms with van der Waals surface area (Å²) < 4.78 is 15.8. The van der Waals surface area contributed by atoms with Gasteiger partial charge in [0.1, 0.15) is 0 Å². The summed E-state index contributed by atoms with van der Waals surface area (Å²) in [6.07, 6.45) is 0.215. The van der Waals surface area contributed by atoms with Crippen LogP contribution in [0, 0.1) is 0 Å². The lowest BCUT2D eigenvalue weighted by atomic mass is 10.0. The molecule has 34 heavy (non-hydrogen) atoms. The van der Waals surface area contributed by atoms with Crippen LogP contribution in [-0.2, 0) is 6.42 Å². The van der Waals surface area contributed by atoms with Crippen molar-refractivity contribution in [3.8, 4) is 17.2 Å². The van der Waals surface area contributed by atoms with E-state index in [9.17, 15) is 9.59 Å². The third-order valence-electron chi connectivity index (χ3n) is 4.89.